The first-order valence-corrected chi connectivity index (χ1v) is 52.0. The number of ketones is 2. The summed E-state index contributed by atoms with van der Waals surface area (Å²) in [6.45, 7) is 34.0. The van der Waals surface area contributed by atoms with Crippen LogP contribution in [0, 0.1) is 67.6 Å². The van der Waals surface area contributed by atoms with Crippen LogP contribution in [0.5, 0.6) is 11.5 Å². The Hall–Kier alpha value is -13.3. The van der Waals surface area contributed by atoms with E-state index in [4.69, 9.17) is 9.47 Å². The SMILES string of the molecule is C/C=C/C[C@@H]1NC(=O)[C@H](CC(C)C)N2C(=O)[C@H](C[C@H](C)[C@@H]2O)N(C)C(=O)[C@H](C)CC(=O)[C@H](Cc2ccc(O)c([N+](=O)[O-])c2)NC(=O)[C@H](CC(C)C)N(C)C(=O)[C@H](Cc2cn(C(C)(C)[C@H]3CO3)c3ccccc23)NC1=O.C/C=C/C[C@@H]1NC(=O)[C@H](CC(C)C)N2C(=O)[C@H](C[C@H](C)[C@H]2O)N(C)C(=O)[C@H](C)CC(=O)[C@H](Cc2ccc(O)c([N+](=O)[O-])c2)NC(=O)[C@H](CC(C)C)N(C)C(=O)[C@H](Cc2cn(C(C)(C)[C@H]3CO3)c3ccccc23)NC1=O. The van der Waals surface area contributed by atoms with E-state index in [2.05, 4.69) is 68.7 Å². The minimum absolute atomic E-state index is 0.0186. The van der Waals surface area contributed by atoms with Crippen molar-refractivity contribution in [3.05, 3.63) is 164 Å². The number of nitrogens with zero attached hydrogens (tertiary/aromatic N) is 10. The Balaban J connectivity index is 0.000000284. The molecule has 10 N–H and O–H groups in total. The number of para-hydroxylation sites is 2. The monoisotopic (exact) mass is 2080 g/mol. The highest BCUT2D eigenvalue weighted by Crippen LogP contribution is 2.42. The second-order valence-electron chi connectivity index (χ2n) is 44.3. The number of aliphatic hydroxyl groups excluding tert-OH is 2. The first-order valence-electron chi connectivity index (χ1n) is 52.0. The van der Waals surface area contributed by atoms with Crippen molar-refractivity contribution in [3.63, 3.8) is 0 Å². The maximum atomic E-state index is 15.4. The standard InChI is InChI=1S/2C55H76N8O12/c2*1-12-13-17-37-48(66)58-39(27-35-28-61(55(8,9)47-29-75-47)40-18-15-14-16-36(35)40)53(71)59(10)42(21-30(2)3)49(67)57-38(25-34-19-20-45(64)41(26-34)63(73)74)46(65)24-33(7)51(69)60(11)44-23-32(6)52(70)62(54(44)72)43(22-31(4)5)50(68)56-37/h2*12-16,18-20,26,28,30-33,37-39,42-44,47,52,64,70H,17,21-25,27,29H2,1-11H3,(H,56,68)(H,57,67)(H,58,66)/b2*13-12+/t32-,33+,37-,38-,39-,42-,43-,44-,47+,52+;32-,33+,37-,38-,39-,42-,43-,44-,47+,52-/m00/s1. The molecule has 0 saturated carbocycles. The Kier molecular flexibility index (Phi) is 38.7. The smallest absolute Gasteiger partial charge is 0.310 e. The number of aromatic hydroxyl groups is 2. The number of epoxide rings is 2. The highest BCUT2D eigenvalue weighted by molar-refractivity contribution is 6.02. The predicted octanol–water partition coefficient (Wildman–Crippen LogP) is 9.01. The van der Waals surface area contributed by atoms with Crippen LogP contribution in [0.15, 0.2) is 122 Å². The lowest BCUT2D eigenvalue weighted by Crippen LogP contribution is -2.66. The molecule has 0 spiro atoms. The summed E-state index contributed by atoms with van der Waals surface area (Å²) >= 11 is 0. The van der Waals surface area contributed by atoms with E-state index in [1.54, 1.807) is 52.0 Å². The highest BCUT2D eigenvalue weighted by Gasteiger charge is 2.53. The summed E-state index contributed by atoms with van der Waals surface area (Å²) in [5.74, 6) is -15.2. The lowest BCUT2D eigenvalue weighted by Gasteiger charge is -2.46. The topological polar surface area (TPSA) is 533 Å². The van der Waals surface area contributed by atoms with Gasteiger partial charge in [-0.25, -0.2) is 0 Å². The van der Waals surface area contributed by atoms with Gasteiger partial charge in [-0.2, -0.15) is 0 Å². The maximum Gasteiger partial charge on any atom is 0.310 e. The molecule has 150 heavy (non-hydrogen) atoms. The molecular formula is C110H152N16O24. The van der Waals surface area contributed by atoms with Crippen molar-refractivity contribution in [2.24, 2.45) is 47.3 Å². The van der Waals surface area contributed by atoms with E-state index in [-0.39, 0.29) is 124 Å². The molecular weight excluding hydrogens is 1930 g/mol. The van der Waals surface area contributed by atoms with E-state index in [0.29, 0.717) is 24.3 Å². The summed E-state index contributed by atoms with van der Waals surface area (Å²) in [5.41, 5.74) is 1.23. The normalized spacial score (nSPS) is 27.2. The summed E-state index contributed by atoms with van der Waals surface area (Å²) in [7, 11) is 5.69. The molecule has 0 unspecified atom stereocenters. The molecule has 6 aliphatic heterocycles. The molecule has 6 aromatic rings. The number of ether oxygens (including phenoxy) is 2. The first-order chi connectivity index (χ1) is 70.5. The van der Waals surface area contributed by atoms with Gasteiger partial charge in [-0.15, -0.1) is 0 Å². The lowest BCUT2D eigenvalue weighted by molar-refractivity contribution is -0.386. The van der Waals surface area contributed by atoms with E-state index in [1.165, 1.54) is 73.8 Å². The number of piperidine rings is 2. The molecule has 20 atom stereocenters. The molecule has 40 heteroatoms. The number of likely N-dealkylation sites (N-methyl/N-ethyl adjacent to an activating group) is 4. The van der Waals surface area contributed by atoms with E-state index in [9.17, 15) is 98.2 Å². The predicted molar refractivity (Wildman–Crippen MR) is 559 cm³/mol. The van der Waals surface area contributed by atoms with Gasteiger partial charge in [0.1, 0.15) is 85.1 Å². The Bertz CT molecular complexity index is 5710. The number of fused-ring (bicyclic) bond motifs is 6. The van der Waals surface area contributed by atoms with Gasteiger partial charge in [0.2, 0.25) is 70.9 Å². The summed E-state index contributed by atoms with van der Waals surface area (Å²) in [6.07, 6.45) is 6.16. The summed E-state index contributed by atoms with van der Waals surface area (Å²) in [6, 6.07) is 6.79. The van der Waals surface area contributed by atoms with Gasteiger partial charge in [0.05, 0.1) is 46.2 Å². The Morgan fingerprint density at radius 1 is 0.413 bits per heavy atom. The van der Waals surface area contributed by atoms with Gasteiger partial charge in [-0.3, -0.25) is 87.4 Å². The van der Waals surface area contributed by atoms with Crippen LogP contribution in [-0.2, 0) is 113 Å². The van der Waals surface area contributed by atoms with Gasteiger partial charge >= 0.3 is 11.4 Å². The number of Topliss-reactive ketones (excluding diaryl/α,β-unsaturated/α-hetero) is 2. The van der Waals surface area contributed by atoms with Crippen molar-refractivity contribution in [2.45, 2.75) is 323 Å². The van der Waals surface area contributed by atoms with Crippen molar-refractivity contribution in [1.82, 2.24) is 70.4 Å². The zero-order chi connectivity index (χ0) is 111. The van der Waals surface area contributed by atoms with E-state index in [0.717, 1.165) is 55.9 Å². The average Bonchev–Trinajstić information content (AvgIpc) is 1.58. The molecule has 12 amide bonds. The number of hydrogen-bond donors (Lipinski definition) is 10. The van der Waals surface area contributed by atoms with Gasteiger partial charge in [-0.1, -0.05) is 156 Å². The molecule has 2 aromatic heterocycles. The van der Waals surface area contributed by atoms with Crippen molar-refractivity contribution in [1.29, 1.82) is 0 Å². The van der Waals surface area contributed by atoms with Crippen molar-refractivity contribution >= 4 is 116 Å². The van der Waals surface area contributed by atoms with Crippen LogP contribution in [0.1, 0.15) is 211 Å². The molecule has 6 fully saturated rings. The number of rotatable bonds is 26. The maximum absolute atomic E-state index is 15.4. The van der Waals surface area contributed by atoms with Gasteiger partial charge in [-0.05, 0) is 176 Å². The largest absolute Gasteiger partial charge is 0.502 e. The third-order valence-electron chi connectivity index (χ3n) is 30.0. The number of carbonyl (C=O) groups excluding carboxylic acids is 14. The van der Waals surface area contributed by atoms with E-state index in [1.807, 2.05) is 116 Å². The zero-order valence-corrected chi connectivity index (χ0v) is 90.1. The molecule has 0 radical (unpaired) electrons. The van der Waals surface area contributed by atoms with Crippen LogP contribution in [0.25, 0.3) is 21.8 Å². The summed E-state index contributed by atoms with van der Waals surface area (Å²) in [4.78, 5) is 237. The number of aliphatic hydroxyl groups is 2. The van der Waals surface area contributed by atoms with Crippen LogP contribution >= 0.6 is 0 Å². The minimum atomic E-state index is -1.45. The molecule has 4 aromatic carbocycles. The Morgan fingerprint density at radius 3 is 1.03 bits per heavy atom. The number of benzene rings is 4. The van der Waals surface area contributed by atoms with E-state index < -0.39 is 248 Å². The number of phenolic OH excluding ortho intramolecular Hbond substituents is 2. The van der Waals surface area contributed by atoms with Crippen LogP contribution in [0.3, 0.4) is 0 Å². The summed E-state index contributed by atoms with van der Waals surface area (Å²) in [5, 5.41) is 86.7. The number of allylic oxidation sites excluding steroid dienone is 2. The van der Waals surface area contributed by atoms with Crippen LogP contribution in [0.2, 0.25) is 0 Å². The third-order valence-corrected chi connectivity index (χ3v) is 30.0. The molecule has 6 aliphatic rings. The van der Waals surface area contributed by atoms with Crippen LogP contribution < -0.4 is 31.9 Å². The molecule has 4 bridgehead atoms. The summed E-state index contributed by atoms with van der Waals surface area (Å²) < 4.78 is 15.7. The van der Waals surface area contributed by atoms with Crippen molar-refractivity contribution < 1.29 is 107 Å². The number of nitro groups is 2. The molecule has 6 saturated heterocycles. The number of carbonyl (C=O) groups is 14. The molecule has 0 aliphatic carbocycles. The minimum Gasteiger partial charge on any atom is -0.502 e. The fraction of sp³-hybridized carbons (Fsp3) is 0.582. The van der Waals surface area contributed by atoms with Gasteiger partial charge < -0.3 is 100 Å². The highest BCUT2D eigenvalue weighted by atomic mass is 16.6. The lowest BCUT2D eigenvalue weighted by atomic mass is 9.88. The van der Waals surface area contributed by atoms with Crippen molar-refractivity contribution in [2.75, 3.05) is 41.4 Å². The second-order valence-corrected chi connectivity index (χ2v) is 44.3. The number of aromatic nitrogens is 2. The fourth-order valence-electron chi connectivity index (χ4n) is 21.0. The molecule has 12 rings (SSSR count). The number of nitro benzene ring substituents is 2. The third kappa shape index (κ3) is 27.3. The quantitative estimate of drug-likeness (QED) is 0.0105. The average molecular weight is 2080 g/mol. The van der Waals surface area contributed by atoms with E-state index >= 15 is 9.59 Å². The van der Waals surface area contributed by atoms with Gasteiger partial charge in [0, 0.05) is 124 Å². The molecule has 816 valence electrons. The van der Waals surface area contributed by atoms with Crippen molar-refractivity contribution in [3.8, 4) is 11.5 Å². The Labute approximate surface area is 875 Å². The number of hydrogen-bond acceptors (Lipinski definition) is 24. The number of phenols is 2. The molecule has 40 nitrogen and oxygen atoms in total. The zero-order valence-electron chi connectivity index (χ0n) is 90.1. The van der Waals surface area contributed by atoms with Crippen LogP contribution in [-0.4, -0.2) is 290 Å². The Morgan fingerprint density at radius 2 is 0.720 bits per heavy atom. The second kappa shape index (κ2) is 49.6. The number of nitrogens with one attached hydrogen (secondary N) is 6. The fourth-order valence-corrected chi connectivity index (χ4v) is 21.0. The van der Waals surface area contributed by atoms with Gasteiger partial charge in [0.15, 0.2) is 23.1 Å². The van der Waals surface area contributed by atoms with Gasteiger partial charge in [0.25, 0.3) is 0 Å². The number of amides is 12. The molecule has 8 heterocycles. The van der Waals surface area contributed by atoms with Crippen LogP contribution in [0.4, 0.5) is 11.4 Å². The first kappa shape index (κ1) is 117.